The molecule has 0 saturated carbocycles. The molecule has 10 heteroatoms. The Morgan fingerprint density at radius 2 is 1.48 bits per heavy atom. The van der Waals surface area contributed by atoms with Crippen molar-refractivity contribution in [3.05, 3.63) is 77.1 Å². The van der Waals surface area contributed by atoms with Gasteiger partial charge in [0.05, 0.1) is 19.4 Å². The Bertz CT molecular complexity index is 1490. The molecular weight excluding hydrogens is 424 g/mol. The van der Waals surface area contributed by atoms with E-state index in [4.69, 9.17) is 0 Å². The molecule has 4 heterocycles. The molecule has 33 heavy (non-hydrogen) atoms. The zero-order chi connectivity index (χ0) is 22.7. The summed E-state index contributed by atoms with van der Waals surface area (Å²) in [5, 5.41) is 9.31. The molecule has 4 aromatic rings. The van der Waals surface area contributed by atoms with Gasteiger partial charge in [0.2, 0.25) is 5.95 Å². The molecule has 10 nitrogen and oxygen atoms in total. The molecule has 2 aliphatic heterocycles. The summed E-state index contributed by atoms with van der Waals surface area (Å²) in [5.41, 5.74) is 3.36. The molecule has 2 aromatic carbocycles. The zero-order valence-corrected chi connectivity index (χ0v) is 17.2. The van der Waals surface area contributed by atoms with Crippen molar-refractivity contribution >= 4 is 40.7 Å². The monoisotopic (exact) mass is 440 g/mol. The predicted molar refractivity (Wildman–Crippen MR) is 117 cm³/mol. The summed E-state index contributed by atoms with van der Waals surface area (Å²) in [5.74, 6) is -1.22. The number of carbonyl (C=O) groups excluding carboxylic acids is 2. The van der Waals surface area contributed by atoms with E-state index < -0.39 is 5.97 Å². The van der Waals surface area contributed by atoms with E-state index in [0.29, 0.717) is 23.2 Å². The van der Waals surface area contributed by atoms with Crippen LogP contribution < -0.4 is 9.80 Å². The van der Waals surface area contributed by atoms with Crippen molar-refractivity contribution in [2.45, 2.75) is 19.6 Å². The van der Waals surface area contributed by atoms with Gasteiger partial charge in [0, 0.05) is 11.1 Å². The van der Waals surface area contributed by atoms with Crippen LogP contribution in [0.15, 0.2) is 54.9 Å². The summed E-state index contributed by atoms with van der Waals surface area (Å²) < 4.78 is 1.37. The quantitative estimate of drug-likeness (QED) is 0.516. The van der Waals surface area contributed by atoms with Gasteiger partial charge in [-0.25, -0.2) is 4.98 Å². The van der Waals surface area contributed by atoms with Gasteiger partial charge in [-0.15, -0.1) is 0 Å². The third kappa shape index (κ3) is 2.88. The fourth-order valence-electron chi connectivity index (χ4n) is 4.33. The van der Waals surface area contributed by atoms with E-state index >= 15 is 0 Å². The van der Waals surface area contributed by atoms with Crippen molar-refractivity contribution in [1.29, 1.82) is 0 Å². The van der Waals surface area contributed by atoms with Crippen LogP contribution in [0, 0.1) is 0 Å². The minimum absolute atomic E-state index is 0.0922. The number of aromatic nitrogens is 4. The molecular formula is C23H16N6O4. The number of carboxylic acids is 1. The average molecular weight is 440 g/mol. The third-order valence-corrected chi connectivity index (χ3v) is 5.88. The van der Waals surface area contributed by atoms with Crippen molar-refractivity contribution in [3.63, 3.8) is 0 Å². The second-order valence-electron chi connectivity index (χ2n) is 7.88. The van der Waals surface area contributed by atoms with Gasteiger partial charge >= 0.3 is 5.97 Å². The highest BCUT2D eigenvalue weighted by molar-refractivity contribution is 6.13. The number of carbonyl (C=O) groups is 3. The SMILES string of the molecule is O=C(O)Cn1cnc2c(N3Cc4ccccc4C3=O)nc(N3Cc4ccccc4C3=O)nc21. The molecule has 6 rings (SSSR count). The van der Waals surface area contributed by atoms with E-state index in [-0.39, 0.29) is 42.3 Å². The van der Waals surface area contributed by atoms with Gasteiger partial charge in [-0.3, -0.25) is 24.2 Å². The topological polar surface area (TPSA) is 122 Å². The normalized spacial score (nSPS) is 14.8. The van der Waals surface area contributed by atoms with Crippen molar-refractivity contribution in [1.82, 2.24) is 19.5 Å². The number of benzene rings is 2. The minimum atomic E-state index is -1.06. The van der Waals surface area contributed by atoms with E-state index in [1.165, 1.54) is 20.7 Å². The second-order valence-corrected chi connectivity index (χ2v) is 7.88. The highest BCUT2D eigenvalue weighted by Crippen LogP contribution is 2.34. The summed E-state index contributed by atoms with van der Waals surface area (Å²) in [7, 11) is 0. The molecule has 0 aliphatic carbocycles. The second kappa shape index (κ2) is 6.95. The molecule has 162 valence electrons. The number of hydrogen-bond acceptors (Lipinski definition) is 6. The van der Waals surface area contributed by atoms with Crippen molar-refractivity contribution < 1.29 is 19.5 Å². The number of fused-ring (bicyclic) bond motifs is 3. The first-order valence-electron chi connectivity index (χ1n) is 10.3. The number of rotatable bonds is 4. The Kier molecular flexibility index (Phi) is 4.03. The number of aliphatic carboxylic acids is 1. The van der Waals surface area contributed by atoms with Crippen LogP contribution in [0.1, 0.15) is 31.8 Å². The molecule has 1 N–H and O–H groups in total. The van der Waals surface area contributed by atoms with Gasteiger partial charge in [0.1, 0.15) is 6.54 Å². The molecule has 0 unspecified atom stereocenters. The van der Waals surface area contributed by atoms with Crippen molar-refractivity contribution in [2.24, 2.45) is 0 Å². The van der Waals surface area contributed by atoms with Crippen LogP contribution in [0.5, 0.6) is 0 Å². The molecule has 0 radical (unpaired) electrons. The maximum Gasteiger partial charge on any atom is 0.323 e. The Balaban J connectivity index is 1.51. The summed E-state index contributed by atoms with van der Waals surface area (Å²) in [6, 6.07) is 14.5. The Morgan fingerprint density at radius 3 is 2.12 bits per heavy atom. The Labute approximate surface area is 186 Å². The smallest absolute Gasteiger partial charge is 0.323 e. The number of carboxylic acid groups (broad SMARTS) is 1. The molecule has 0 spiro atoms. The van der Waals surface area contributed by atoms with Crippen LogP contribution >= 0.6 is 0 Å². The van der Waals surface area contributed by atoms with E-state index in [9.17, 15) is 19.5 Å². The third-order valence-electron chi connectivity index (χ3n) is 5.88. The van der Waals surface area contributed by atoms with E-state index in [1.54, 1.807) is 24.3 Å². The van der Waals surface area contributed by atoms with Crippen molar-refractivity contribution in [3.8, 4) is 0 Å². The molecule has 2 amide bonds. The van der Waals surface area contributed by atoms with Gasteiger partial charge in [-0.1, -0.05) is 36.4 Å². The molecule has 2 aliphatic rings. The standard InChI is InChI=1S/C23H16N6O4/c30-17(31)11-27-12-24-18-19(27)25-23(29-10-14-6-2-4-8-16(14)22(29)33)26-20(18)28-9-13-5-1-3-7-15(13)21(28)32/h1-8,12H,9-11H2,(H,30,31). The first kappa shape index (κ1) is 19.1. The Morgan fingerprint density at radius 1 is 0.879 bits per heavy atom. The summed E-state index contributed by atoms with van der Waals surface area (Å²) in [6.07, 6.45) is 1.36. The van der Waals surface area contributed by atoms with Crippen LogP contribution in [0.3, 0.4) is 0 Å². The van der Waals surface area contributed by atoms with Gasteiger partial charge in [-0.2, -0.15) is 9.97 Å². The maximum atomic E-state index is 13.2. The number of nitrogens with zero attached hydrogens (tertiary/aromatic N) is 6. The lowest BCUT2D eigenvalue weighted by molar-refractivity contribution is -0.137. The van der Waals surface area contributed by atoms with E-state index in [0.717, 1.165) is 11.1 Å². The first-order chi connectivity index (χ1) is 16.0. The molecule has 2 aromatic heterocycles. The lowest BCUT2D eigenvalue weighted by Crippen LogP contribution is -2.29. The average Bonchev–Trinajstić information content (AvgIpc) is 3.48. The van der Waals surface area contributed by atoms with E-state index in [2.05, 4.69) is 15.0 Å². The van der Waals surface area contributed by atoms with Crippen molar-refractivity contribution in [2.75, 3.05) is 9.80 Å². The fraction of sp³-hybridized carbons (Fsp3) is 0.130. The van der Waals surface area contributed by atoms with Crippen LogP contribution in [-0.2, 0) is 24.4 Å². The minimum Gasteiger partial charge on any atom is -0.480 e. The van der Waals surface area contributed by atoms with E-state index in [1.807, 2.05) is 24.3 Å². The molecule has 0 atom stereocenters. The van der Waals surface area contributed by atoms with Crippen LogP contribution in [0.2, 0.25) is 0 Å². The summed E-state index contributed by atoms with van der Waals surface area (Å²) in [6.45, 7) is 0.205. The van der Waals surface area contributed by atoms with Crippen LogP contribution in [-0.4, -0.2) is 42.4 Å². The van der Waals surface area contributed by atoms with Crippen LogP contribution in [0.25, 0.3) is 11.2 Å². The summed E-state index contributed by atoms with van der Waals surface area (Å²) in [4.78, 5) is 53.9. The lowest BCUT2D eigenvalue weighted by Gasteiger charge is -2.19. The molecule has 0 saturated heterocycles. The highest BCUT2D eigenvalue weighted by Gasteiger charge is 2.35. The lowest BCUT2D eigenvalue weighted by atomic mass is 10.1. The number of amides is 2. The van der Waals surface area contributed by atoms with Gasteiger partial charge in [0.15, 0.2) is 17.0 Å². The number of imidazole rings is 1. The predicted octanol–water partition coefficient (Wildman–Crippen LogP) is 2.23. The highest BCUT2D eigenvalue weighted by atomic mass is 16.4. The van der Waals surface area contributed by atoms with Gasteiger partial charge < -0.3 is 9.67 Å². The van der Waals surface area contributed by atoms with Gasteiger partial charge in [0.25, 0.3) is 11.8 Å². The zero-order valence-electron chi connectivity index (χ0n) is 17.2. The maximum absolute atomic E-state index is 13.2. The first-order valence-corrected chi connectivity index (χ1v) is 10.3. The largest absolute Gasteiger partial charge is 0.480 e. The fourth-order valence-corrected chi connectivity index (χ4v) is 4.33. The van der Waals surface area contributed by atoms with Gasteiger partial charge in [-0.05, 0) is 23.3 Å². The molecule has 0 fully saturated rings. The number of hydrogen-bond donors (Lipinski definition) is 1. The molecule has 0 bridgehead atoms. The number of anilines is 2. The summed E-state index contributed by atoms with van der Waals surface area (Å²) >= 11 is 0. The Hall–Kier alpha value is -4.60. The van der Waals surface area contributed by atoms with Crippen LogP contribution in [0.4, 0.5) is 11.8 Å².